The molecule has 2 heterocycles. The van der Waals surface area contributed by atoms with Crippen molar-refractivity contribution in [2.24, 2.45) is 0 Å². The van der Waals surface area contributed by atoms with E-state index in [1.54, 1.807) is 16.7 Å². The third-order valence-corrected chi connectivity index (χ3v) is 4.66. The molecule has 1 saturated heterocycles. The molecule has 17 heavy (non-hydrogen) atoms. The molecular formula is C13H15NO2S. The molecule has 2 aliphatic heterocycles. The number of aliphatic hydroxyl groups excluding tert-OH is 1. The molecule has 1 aromatic rings. The molecule has 1 amide bonds. The number of amides is 1. The average Bonchev–Trinajstić information content (AvgIpc) is 2.94. The maximum Gasteiger partial charge on any atom is 0.231 e. The summed E-state index contributed by atoms with van der Waals surface area (Å²) in [4.78, 5) is 15.4. The van der Waals surface area contributed by atoms with Gasteiger partial charge >= 0.3 is 0 Å². The highest BCUT2D eigenvalue weighted by Crippen LogP contribution is 2.40. The molecular weight excluding hydrogens is 234 g/mol. The predicted octanol–water partition coefficient (Wildman–Crippen LogP) is 1.47. The van der Waals surface area contributed by atoms with Gasteiger partial charge < -0.3 is 10.0 Å². The van der Waals surface area contributed by atoms with Crippen LogP contribution in [-0.4, -0.2) is 40.9 Å². The van der Waals surface area contributed by atoms with Crippen LogP contribution in [0.4, 0.5) is 0 Å². The summed E-state index contributed by atoms with van der Waals surface area (Å²) in [5.74, 6) is 1.01. The van der Waals surface area contributed by atoms with Gasteiger partial charge in [-0.1, -0.05) is 18.2 Å². The zero-order valence-electron chi connectivity index (χ0n) is 9.50. The Labute approximate surface area is 105 Å². The Hall–Kier alpha value is -1.00. The second-order valence-corrected chi connectivity index (χ2v) is 5.69. The third-order valence-electron chi connectivity index (χ3n) is 3.47. The summed E-state index contributed by atoms with van der Waals surface area (Å²) in [5, 5.41) is 9.49. The minimum absolute atomic E-state index is 0.0125. The van der Waals surface area contributed by atoms with E-state index in [9.17, 15) is 9.90 Å². The minimum Gasteiger partial charge on any atom is -0.391 e. The highest BCUT2D eigenvalue weighted by atomic mass is 32.2. The Morgan fingerprint density at radius 1 is 1.41 bits per heavy atom. The number of thioether (sulfide) groups is 1. The summed E-state index contributed by atoms with van der Waals surface area (Å²) in [7, 11) is 0. The predicted molar refractivity (Wildman–Crippen MR) is 67.1 cm³/mol. The van der Waals surface area contributed by atoms with E-state index in [-0.39, 0.29) is 17.9 Å². The molecule has 3 rings (SSSR count). The van der Waals surface area contributed by atoms with Crippen molar-refractivity contribution in [1.82, 2.24) is 4.90 Å². The Morgan fingerprint density at radius 2 is 2.24 bits per heavy atom. The van der Waals surface area contributed by atoms with Crippen LogP contribution in [0.5, 0.6) is 0 Å². The third kappa shape index (κ3) is 1.96. The number of β-amino-alcohol motifs (C(OH)–C–C–N with tert-alkyl or cyclic N) is 1. The Kier molecular flexibility index (Phi) is 2.84. The highest BCUT2D eigenvalue weighted by Gasteiger charge is 2.34. The summed E-state index contributed by atoms with van der Waals surface area (Å²) in [5.41, 5.74) is 1.16. The molecule has 3 nitrogen and oxygen atoms in total. The maximum atomic E-state index is 12.4. The smallest absolute Gasteiger partial charge is 0.231 e. The molecule has 2 aliphatic rings. The molecule has 1 N–H and O–H groups in total. The number of nitrogens with zero attached hydrogens (tertiary/aromatic N) is 1. The van der Waals surface area contributed by atoms with E-state index < -0.39 is 0 Å². The van der Waals surface area contributed by atoms with Gasteiger partial charge in [0.1, 0.15) is 0 Å². The normalized spacial score (nSPS) is 27.2. The van der Waals surface area contributed by atoms with E-state index in [4.69, 9.17) is 0 Å². The Bertz CT molecular complexity index is 449. The number of hydrogen-bond acceptors (Lipinski definition) is 3. The fourth-order valence-electron chi connectivity index (χ4n) is 2.53. The van der Waals surface area contributed by atoms with Gasteiger partial charge in [0.05, 0.1) is 12.0 Å². The molecule has 0 saturated carbocycles. The molecule has 90 valence electrons. The first-order valence-corrected chi connectivity index (χ1v) is 6.93. The van der Waals surface area contributed by atoms with E-state index in [0.29, 0.717) is 19.5 Å². The van der Waals surface area contributed by atoms with Crippen LogP contribution in [0.1, 0.15) is 17.9 Å². The van der Waals surface area contributed by atoms with E-state index in [1.165, 1.54) is 4.90 Å². The van der Waals surface area contributed by atoms with E-state index in [1.807, 2.05) is 18.2 Å². The molecule has 2 unspecified atom stereocenters. The van der Waals surface area contributed by atoms with Gasteiger partial charge in [0.25, 0.3) is 0 Å². The van der Waals surface area contributed by atoms with Gasteiger partial charge in [-0.05, 0) is 18.1 Å². The van der Waals surface area contributed by atoms with Crippen molar-refractivity contribution in [3.63, 3.8) is 0 Å². The van der Waals surface area contributed by atoms with Gasteiger partial charge in [-0.3, -0.25) is 4.79 Å². The second-order valence-electron chi connectivity index (χ2n) is 4.63. The molecule has 1 fully saturated rings. The molecule has 4 heteroatoms. The number of hydrogen-bond donors (Lipinski definition) is 1. The van der Waals surface area contributed by atoms with Gasteiger partial charge in [-0.25, -0.2) is 0 Å². The van der Waals surface area contributed by atoms with Crippen molar-refractivity contribution in [2.45, 2.75) is 23.3 Å². The number of carbonyl (C=O) groups is 1. The van der Waals surface area contributed by atoms with Crippen LogP contribution in [-0.2, 0) is 4.79 Å². The first kappa shape index (κ1) is 11.1. The molecule has 0 aromatic heterocycles. The lowest BCUT2D eigenvalue weighted by Gasteiger charge is -2.20. The summed E-state index contributed by atoms with van der Waals surface area (Å²) < 4.78 is 0. The summed E-state index contributed by atoms with van der Waals surface area (Å²) >= 11 is 1.75. The SMILES string of the molecule is O=C(C1CSc2ccccc21)N1CCC(O)C1. The van der Waals surface area contributed by atoms with Crippen LogP contribution in [0, 0.1) is 0 Å². The van der Waals surface area contributed by atoms with Gasteiger partial charge in [0, 0.05) is 23.7 Å². The number of likely N-dealkylation sites (tertiary alicyclic amines) is 1. The number of carbonyl (C=O) groups excluding carboxylic acids is 1. The first-order valence-electron chi connectivity index (χ1n) is 5.94. The van der Waals surface area contributed by atoms with Crippen molar-refractivity contribution in [2.75, 3.05) is 18.8 Å². The molecule has 0 aliphatic carbocycles. The lowest BCUT2D eigenvalue weighted by atomic mass is 10.00. The minimum atomic E-state index is -0.330. The van der Waals surface area contributed by atoms with Gasteiger partial charge in [0.2, 0.25) is 5.91 Å². The van der Waals surface area contributed by atoms with E-state index in [0.717, 1.165) is 11.3 Å². The quantitative estimate of drug-likeness (QED) is 0.819. The zero-order valence-corrected chi connectivity index (χ0v) is 10.3. The lowest BCUT2D eigenvalue weighted by Crippen LogP contribution is -2.34. The van der Waals surface area contributed by atoms with E-state index >= 15 is 0 Å². The average molecular weight is 249 g/mol. The molecule has 0 spiro atoms. The Morgan fingerprint density at radius 3 is 3.00 bits per heavy atom. The van der Waals surface area contributed by atoms with E-state index in [2.05, 4.69) is 6.07 Å². The maximum absolute atomic E-state index is 12.4. The Balaban J connectivity index is 1.80. The van der Waals surface area contributed by atoms with Gasteiger partial charge in [0.15, 0.2) is 0 Å². The van der Waals surface area contributed by atoms with Crippen LogP contribution >= 0.6 is 11.8 Å². The van der Waals surface area contributed by atoms with Crippen LogP contribution in [0.25, 0.3) is 0 Å². The standard InChI is InChI=1S/C13H15NO2S/c15-9-5-6-14(7-9)13(16)11-8-17-12-4-2-1-3-10(11)12/h1-4,9,11,15H,5-8H2. The molecule has 0 bridgehead atoms. The van der Waals surface area contributed by atoms with Gasteiger partial charge in [-0.15, -0.1) is 11.8 Å². The monoisotopic (exact) mass is 249 g/mol. The summed E-state index contributed by atoms with van der Waals surface area (Å²) in [6, 6.07) is 8.12. The number of rotatable bonds is 1. The van der Waals surface area contributed by atoms with Crippen LogP contribution in [0.15, 0.2) is 29.2 Å². The van der Waals surface area contributed by atoms with Crippen molar-refractivity contribution in [1.29, 1.82) is 0 Å². The van der Waals surface area contributed by atoms with Crippen LogP contribution < -0.4 is 0 Å². The zero-order chi connectivity index (χ0) is 11.8. The lowest BCUT2D eigenvalue weighted by molar-refractivity contribution is -0.131. The molecule has 1 aromatic carbocycles. The summed E-state index contributed by atoms with van der Waals surface area (Å²) in [6.45, 7) is 1.20. The van der Waals surface area contributed by atoms with Crippen molar-refractivity contribution >= 4 is 17.7 Å². The van der Waals surface area contributed by atoms with Crippen molar-refractivity contribution < 1.29 is 9.90 Å². The number of benzene rings is 1. The topological polar surface area (TPSA) is 40.5 Å². The van der Waals surface area contributed by atoms with Crippen molar-refractivity contribution in [3.05, 3.63) is 29.8 Å². The largest absolute Gasteiger partial charge is 0.391 e. The fraction of sp³-hybridized carbons (Fsp3) is 0.462. The second kappa shape index (κ2) is 4.35. The molecule has 2 atom stereocenters. The first-order chi connectivity index (χ1) is 8.25. The highest BCUT2D eigenvalue weighted by molar-refractivity contribution is 7.99. The molecule has 0 radical (unpaired) electrons. The number of aliphatic hydroxyl groups is 1. The van der Waals surface area contributed by atoms with Gasteiger partial charge in [-0.2, -0.15) is 0 Å². The fourth-order valence-corrected chi connectivity index (χ4v) is 3.75. The van der Waals surface area contributed by atoms with Crippen LogP contribution in [0.3, 0.4) is 0 Å². The van der Waals surface area contributed by atoms with Crippen molar-refractivity contribution in [3.8, 4) is 0 Å². The number of fused-ring (bicyclic) bond motifs is 1. The summed E-state index contributed by atoms with van der Waals surface area (Å²) in [6.07, 6.45) is 0.385. The van der Waals surface area contributed by atoms with Crippen LogP contribution in [0.2, 0.25) is 0 Å².